The third-order valence-corrected chi connectivity index (χ3v) is 4.90. The van der Waals surface area contributed by atoms with Crippen LogP contribution in [-0.2, 0) is 10.2 Å². The number of nitrogens with zero attached hydrogens (tertiary/aromatic N) is 1. The van der Waals surface area contributed by atoms with Crippen molar-refractivity contribution in [2.75, 3.05) is 26.2 Å². The molecule has 1 aliphatic rings. The van der Waals surface area contributed by atoms with Gasteiger partial charge >= 0.3 is 0 Å². The maximum absolute atomic E-state index is 12.0. The summed E-state index contributed by atoms with van der Waals surface area (Å²) in [4.78, 5) is 0. The number of aliphatic hydroxyl groups excluding tert-OH is 1. The molecule has 2 N–H and O–H groups in total. The Morgan fingerprint density at radius 2 is 1.94 bits per heavy atom. The lowest BCUT2D eigenvalue weighted by Crippen LogP contribution is -2.44. The fourth-order valence-electron chi connectivity index (χ4n) is 2.05. The molecule has 1 aliphatic heterocycles. The van der Waals surface area contributed by atoms with Gasteiger partial charge in [0.05, 0.1) is 0 Å². The highest BCUT2D eigenvalue weighted by atomic mass is 32.2. The molecule has 0 radical (unpaired) electrons. The topological polar surface area (TPSA) is 69.6 Å². The van der Waals surface area contributed by atoms with Gasteiger partial charge in [-0.2, -0.15) is 12.7 Å². The van der Waals surface area contributed by atoms with E-state index in [4.69, 9.17) is 5.11 Å². The summed E-state index contributed by atoms with van der Waals surface area (Å²) in [7, 11) is -3.31. The van der Waals surface area contributed by atoms with Crippen LogP contribution in [0, 0.1) is 5.92 Å². The summed E-state index contributed by atoms with van der Waals surface area (Å²) < 4.78 is 28.1. The van der Waals surface area contributed by atoms with E-state index in [9.17, 15) is 8.42 Å². The molecule has 6 heteroatoms. The van der Waals surface area contributed by atoms with Crippen LogP contribution in [0.5, 0.6) is 0 Å². The van der Waals surface area contributed by atoms with E-state index in [-0.39, 0.29) is 12.5 Å². The van der Waals surface area contributed by atoms with E-state index in [1.807, 2.05) is 6.92 Å². The number of nitrogens with one attached hydrogen (secondary N) is 1. The predicted octanol–water partition coefficient (Wildman–Crippen LogP) is 0.715. The monoisotopic (exact) mass is 264 g/mol. The minimum atomic E-state index is -3.31. The molecule has 0 aromatic rings. The van der Waals surface area contributed by atoms with Gasteiger partial charge in [0, 0.05) is 26.2 Å². The van der Waals surface area contributed by atoms with Crippen molar-refractivity contribution in [2.24, 2.45) is 5.92 Å². The number of piperidine rings is 1. The summed E-state index contributed by atoms with van der Waals surface area (Å²) in [6.07, 6.45) is 4.56. The van der Waals surface area contributed by atoms with Crippen molar-refractivity contribution in [3.05, 3.63) is 0 Å². The minimum absolute atomic E-state index is 0.115. The fourth-order valence-corrected chi connectivity index (χ4v) is 3.42. The smallest absolute Gasteiger partial charge is 0.279 e. The van der Waals surface area contributed by atoms with Gasteiger partial charge in [-0.15, -0.1) is 0 Å². The first-order valence-electron chi connectivity index (χ1n) is 6.45. The zero-order valence-electron chi connectivity index (χ0n) is 10.6. The van der Waals surface area contributed by atoms with Gasteiger partial charge in [0.25, 0.3) is 10.2 Å². The standard InChI is InChI=1S/C11H24N2O3S/c1-2-11(6-9-14)10-12-17(15,16)13-7-4-3-5-8-13/h11-12,14H,2-10H2,1H3. The Hall–Kier alpha value is -0.170. The van der Waals surface area contributed by atoms with Gasteiger partial charge in [0.1, 0.15) is 0 Å². The maximum Gasteiger partial charge on any atom is 0.279 e. The molecule has 1 unspecified atom stereocenters. The molecule has 1 rings (SSSR count). The first-order chi connectivity index (χ1) is 8.10. The first kappa shape index (κ1) is 14.9. The third kappa shape index (κ3) is 4.91. The Morgan fingerprint density at radius 1 is 1.29 bits per heavy atom. The van der Waals surface area contributed by atoms with Crippen LogP contribution in [0.1, 0.15) is 39.0 Å². The number of aliphatic hydroxyl groups is 1. The van der Waals surface area contributed by atoms with Crippen molar-refractivity contribution in [3.63, 3.8) is 0 Å². The van der Waals surface area contributed by atoms with Crippen molar-refractivity contribution in [2.45, 2.75) is 39.0 Å². The van der Waals surface area contributed by atoms with Crippen LogP contribution < -0.4 is 4.72 Å². The second-order valence-corrected chi connectivity index (χ2v) is 6.35. The molecular formula is C11H24N2O3S. The van der Waals surface area contributed by atoms with Crippen LogP contribution in [0.25, 0.3) is 0 Å². The summed E-state index contributed by atoms with van der Waals surface area (Å²) in [6.45, 7) is 3.81. The molecule has 1 fully saturated rings. The third-order valence-electron chi connectivity index (χ3n) is 3.32. The van der Waals surface area contributed by atoms with Gasteiger partial charge in [-0.1, -0.05) is 19.8 Å². The molecule has 0 bridgehead atoms. The van der Waals surface area contributed by atoms with Crippen molar-refractivity contribution in [1.29, 1.82) is 0 Å². The molecule has 5 nitrogen and oxygen atoms in total. The second-order valence-electron chi connectivity index (χ2n) is 4.60. The summed E-state index contributed by atoms with van der Waals surface area (Å²) in [5.74, 6) is 0.222. The van der Waals surface area contributed by atoms with Gasteiger partial charge in [-0.05, 0) is 25.2 Å². The van der Waals surface area contributed by atoms with Crippen LogP contribution in [0.4, 0.5) is 0 Å². The fraction of sp³-hybridized carbons (Fsp3) is 1.00. The van der Waals surface area contributed by atoms with Crippen molar-refractivity contribution >= 4 is 10.2 Å². The van der Waals surface area contributed by atoms with E-state index in [0.29, 0.717) is 26.1 Å². The van der Waals surface area contributed by atoms with E-state index < -0.39 is 10.2 Å². The highest BCUT2D eigenvalue weighted by Crippen LogP contribution is 2.13. The molecule has 1 heterocycles. The Balaban J connectivity index is 2.42. The average Bonchev–Trinajstić information content (AvgIpc) is 2.35. The summed E-state index contributed by atoms with van der Waals surface area (Å²) in [5.41, 5.74) is 0. The van der Waals surface area contributed by atoms with E-state index in [1.54, 1.807) is 0 Å². The predicted molar refractivity (Wildman–Crippen MR) is 67.8 cm³/mol. The number of hydrogen-bond acceptors (Lipinski definition) is 3. The SMILES string of the molecule is CCC(CCO)CNS(=O)(=O)N1CCCCC1. The van der Waals surface area contributed by atoms with Gasteiger partial charge in [0.15, 0.2) is 0 Å². The highest BCUT2D eigenvalue weighted by molar-refractivity contribution is 7.87. The Labute approximate surface area is 104 Å². The summed E-state index contributed by atoms with van der Waals surface area (Å²) in [6, 6.07) is 0. The van der Waals surface area contributed by atoms with Gasteiger partial charge in [-0.3, -0.25) is 0 Å². The van der Waals surface area contributed by atoms with Crippen LogP contribution in [0.2, 0.25) is 0 Å². The van der Waals surface area contributed by atoms with Crippen molar-refractivity contribution < 1.29 is 13.5 Å². The lowest BCUT2D eigenvalue weighted by molar-refractivity contribution is 0.253. The number of hydrogen-bond donors (Lipinski definition) is 2. The molecule has 17 heavy (non-hydrogen) atoms. The zero-order valence-corrected chi connectivity index (χ0v) is 11.4. The van der Waals surface area contributed by atoms with Gasteiger partial charge < -0.3 is 5.11 Å². The van der Waals surface area contributed by atoms with E-state index in [0.717, 1.165) is 25.7 Å². The molecule has 1 atom stereocenters. The average molecular weight is 264 g/mol. The molecule has 0 aliphatic carbocycles. The van der Waals surface area contributed by atoms with Crippen molar-refractivity contribution in [1.82, 2.24) is 9.03 Å². The minimum Gasteiger partial charge on any atom is -0.396 e. The quantitative estimate of drug-likeness (QED) is 0.711. The first-order valence-corrected chi connectivity index (χ1v) is 7.89. The van der Waals surface area contributed by atoms with E-state index in [2.05, 4.69) is 4.72 Å². The summed E-state index contributed by atoms with van der Waals surface area (Å²) >= 11 is 0. The van der Waals surface area contributed by atoms with Gasteiger partial charge in [-0.25, -0.2) is 4.72 Å². The van der Waals surface area contributed by atoms with E-state index >= 15 is 0 Å². The molecule has 1 saturated heterocycles. The van der Waals surface area contributed by atoms with Gasteiger partial charge in [0.2, 0.25) is 0 Å². The molecule has 0 saturated carbocycles. The summed E-state index contributed by atoms with van der Waals surface area (Å²) in [5, 5.41) is 8.86. The Bertz CT molecular complexity index is 300. The number of rotatable bonds is 7. The lowest BCUT2D eigenvalue weighted by atomic mass is 10.0. The van der Waals surface area contributed by atoms with Crippen LogP contribution >= 0.6 is 0 Å². The molecule has 0 aromatic carbocycles. The Kier molecular flexibility index (Phi) is 6.40. The molecular weight excluding hydrogens is 240 g/mol. The van der Waals surface area contributed by atoms with Crippen molar-refractivity contribution in [3.8, 4) is 0 Å². The normalized spacial score (nSPS) is 20.4. The van der Waals surface area contributed by atoms with Crippen LogP contribution in [-0.4, -0.2) is 44.1 Å². The Morgan fingerprint density at radius 3 is 2.47 bits per heavy atom. The van der Waals surface area contributed by atoms with Crippen LogP contribution in [0.3, 0.4) is 0 Å². The molecule has 0 amide bonds. The molecule has 0 spiro atoms. The highest BCUT2D eigenvalue weighted by Gasteiger charge is 2.23. The molecule has 0 aromatic heterocycles. The zero-order chi connectivity index (χ0) is 12.7. The lowest BCUT2D eigenvalue weighted by Gasteiger charge is -2.26. The van der Waals surface area contributed by atoms with E-state index in [1.165, 1.54) is 4.31 Å². The second kappa shape index (κ2) is 7.31. The maximum atomic E-state index is 12.0. The largest absolute Gasteiger partial charge is 0.396 e. The van der Waals surface area contributed by atoms with Crippen LogP contribution in [0.15, 0.2) is 0 Å². The molecule has 102 valence electrons.